The van der Waals surface area contributed by atoms with Crippen molar-refractivity contribution in [1.29, 1.82) is 0 Å². The number of sulfonamides is 1. The van der Waals surface area contributed by atoms with Gasteiger partial charge in [-0.25, -0.2) is 13.2 Å². The van der Waals surface area contributed by atoms with Crippen molar-refractivity contribution in [1.82, 2.24) is 0 Å². The van der Waals surface area contributed by atoms with Gasteiger partial charge >= 0.3 is 5.97 Å². The van der Waals surface area contributed by atoms with E-state index in [4.69, 9.17) is 4.74 Å². The van der Waals surface area contributed by atoms with Gasteiger partial charge in [0, 0.05) is 18.8 Å². The number of hydrogen-bond acceptors (Lipinski definition) is 5. The van der Waals surface area contributed by atoms with Gasteiger partial charge in [0.15, 0.2) is 0 Å². The molecule has 0 bridgehead atoms. The van der Waals surface area contributed by atoms with E-state index in [0.717, 1.165) is 5.56 Å². The number of aromatic carboxylic acids is 1. The SMILES string of the molecule is CC(C)(C)c1ccc(S(=O)(=O)Nc2ccc(N3CCOCC3)c(C(=O)O)c2)cc1. The first-order valence-electron chi connectivity index (χ1n) is 9.41. The minimum atomic E-state index is -3.83. The maximum Gasteiger partial charge on any atom is 0.337 e. The number of morpholine rings is 1. The van der Waals surface area contributed by atoms with Crippen molar-refractivity contribution >= 4 is 27.4 Å². The van der Waals surface area contributed by atoms with Crippen LogP contribution in [0.5, 0.6) is 0 Å². The molecule has 0 saturated carbocycles. The highest BCUT2D eigenvalue weighted by Crippen LogP contribution is 2.28. The Morgan fingerprint density at radius 1 is 1.07 bits per heavy atom. The largest absolute Gasteiger partial charge is 0.478 e. The summed E-state index contributed by atoms with van der Waals surface area (Å²) in [5, 5.41) is 9.61. The molecule has 2 N–H and O–H groups in total. The summed E-state index contributed by atoms with van der Waals surface area (Å²) in [5.74, 6) is -1.11. The standard InChI is InChI=1S/C21H26N2O5S/c1-21(2,3)15-4-7-17(8-5-15)29(26,27)22-16-6-9-19(18(14-16)20(24)25)23-10-12-28-13-11-23/h4-9,14,22H,10-13H2,1-3H3,(H,24,25). The molecule has 3 rings (SSSR count). The number of nitrogens with zero attached hydrogens (tertiary/aromatic N) is 1. The molecule has 1 aliphatic heterocycles. The van der Waals surface area contributed by atoms with Gasteiger partial charge in [-0.2, -0.15) is 0 Å². The van der Waals surface area contributed by atoms with Gasteiger partial charge in [0.05, 0.1) is 29.4 Å². The molecule has 156 valence electrons. The monoisotopic (exact) mass is 418 g/mol. The molecule has 0 atom stereocenters. The Labute approximate surface area is 171 Å². The number of carboxylic acids is 1. The highest BCUT2D eigenvalue weighted by atomic mass is 32.2. The molecule has 0 spiro atoms. The number of carboxylic acid groups (broad SMARTS) is 1. The highest BCUT2D eigenvalue weighted by Gasteiger charge is 2.21. The molecule has 0 aromatic heterocycles. The van der Waals surface area contributed by atoms with E-state index in [1.807, 2.05) is 4.90 Å². The zero-order valence-electron chi connectivity index (χ0n) is 16.8. The number of anilines is 2. The zero-order chi connectivity index (χ0) is 21.2. The average molecular weight is 419 g/mol. The van der Waals surface area contributed by atoms with Crippen molar-refractivity contribution in [2.45, 2.75) is 31.1 Å². The maximum atomic E-state index is 12.7. The second-order valence-electron chi connectivity index (χ2n) is 8.02. The zero-order valence-corrected chi connectivity index (χ0v) is 17.6. The van der Waals surface area contributed by atoms with Crippen LogP contribution in [0, 0.1) is 0 Å². The average Bonchev–Trinajstić information content (AvgIpc) is 2.68. The molecule has 8 heteroatoms. The van der Waals surface area contributed by atoms with Crippen LogP contribution < -0.4 is 9.62 Å². The number of hydrogen-bond donors (Lipinski definition) is 2. The number of nitrogens with one attached hydrogen (secondary N) is 1. The molecule has 0 radical (unpaired) electrons. The van der Waals surface area contributed by atoms with Gasteiger partial charge in [-0.15, -0.1) is 0 Å². The number of carbonyl (C=O) groups is 1. The van der Waals surface area contributed by atoms with E-state index >= 15 is 0 Å². The van der Waals surface area contributed by atoms with Gasteiger partial charge in [-0.05, 0) is 41.3 Å². The first kappa shape index (κ1) is 21.1. The van der Waals surface area contributed by atoms with Crippen LogP contribution >= 0.6 is 0 Å². The van der Waals surface area contributed by atoms with Gasteiger partial charge in [0.1, 0.15) is 0 Å². The highest BCUT2D eigenvalue weighted by molar-refractivity contribution is 7.92. The van der Waals surface area contributed by atoms with Crippen LogP contribution in [0.15, 0.2) is 47.4 Å². The fourth-order valence-corrected chi connectivity index (χ4v) is 4.25. The number of ether oxygens (including phenoxy) is 1. The van der Waals surface area contributed by atoms with E-state index < -0.39 is 16.0 Å². The molecule has 0 aliphatic carbocycles. The predicted octanol–water partition coefficient (Wildman–Crippen LogP) is 3.32. The van der Waals surface area contributed by atoms with Crippen molar-refractivity contribution in [3.63, 3.8) is 0 Å². The lowest BCUT2D eigenvalue weighted by atomic mass is 9.87. The number of rotatable bonds is 5. The third-order valence-electron chi connectivity index (χ3n) is 4.86. The molecular formula is C21H26N2O5S. The van der Waals surface area contributed by atoms with Gasteiger partial charge in [0.25, 0.3) is 10.0 Å². The van der Waals surface area contributed by atoms with Crippen LogP contribution in [0.1, 0.15) is 36.7 Å². The number of benzene rings is 2. The molecule has 0 unspecified atom stereocenters. The second-order valence-corrected chi connectivity index (χ2v) is 9.70. The minimum absolute atomic E-state index is 0.0511. The Kier molecular flexibility index (Phi) is 5.86. The quantitative estimate of drug-likeness (QED) is 0.773. The van der Waals surface area contributed by atoms with Crippen LogP contribution in [0.2, 0.25) is 0 Å². The molecule has 2 aromatic rings. The van der Waals surface area contributed by atoms with Gasteiger partial charge < -0.3 is 14.7 Å². The third-order valence-corrected chi connectivity index (χ3v) is 6.26. The lowest BCUT2D eigenvalue weighted by Crippen LogP contribution is -2.37. The Balaban J connectivity index is 1.87. The summed E-state index contributed by atoms with van der Waals surface area (Å²) in [6.45, 7) is 8.39. The summed E-state index contributed by atoms with van der Waals surface area (Å²) >= 11 is 0. The van der Waals surface area contributed by atoms with Gasteiger partial charge in [-0.1, -0.05) is 32.9 Å². The Morgan fingerprint density at radius 2 is 1.69 bits per heavy atom. The summed E-state index contributed by atoms with van der Waals surface area (Å²) in [5.41, 5.74) is 1.76. The van der Waals surface area contributed by atoms with E-state index in [1.54, 1.807) is 36.4 Å². The third kappa shape index (κ3) is 4.89. The van der Waals surface area contributed by atoms with E-state index in [1.165, 1.54) is 6.07 Å². The molecule has 1 aliphatic rings. The van der Waals surface area contributed by atoms with Crippen molar-refractivity contribution in [3.8, 4) is 0 Å². The molecule has 7 nitrogen and oxygen atoms in total. The van der Waals surface area contributed by atoms with E-state index in [-0.39, 0.29) is 21.6 Å². The smallest absolute Gasteiger partial charge is 0.337 e. The van der Waals surface area contributed by atoms with Crippen LogP contribution in [0.3, 0.4) is 0 Å². The molecule has 29 heavy (non-hydrogen) atoms. The first-order valence-corrected chi connectivity index (χ1v) is 10.9. The lowest BCUT2D eigenvalue weighted by Gasteiger charge is -2.30. The summed E-state index contributed by atoms with van der Waals surface area (Å²) in [6, 6.07) is 11.3. The second kappa shape index (κ2) is 8.04. The van der Waals surface area contributed by atoms with Crippen LogP contribution in [0.4, 0.5) is 11.4 Å². The Hall–Kier alpha value is -2.58. The normalized spacial score (nSPS) is 15.2. The summed E-state index contributed by atoms with van der Waals surface area (Å²) in [7, 11) is -3.83. The Morgan fingerprint density at radius 3 is 2.24 bits per heavy atom. The summed E-state index contributed by atoms with van der Waals surface area (Å²) < 4.78 is 33.3. The lowest BCUT2D eigenvalue weighted by molar-refractivity contribution is 0.0696. The molecule has 1 fully saturated rings. The van der Waals surface area contributed by atoms with Crippen molar-refractivity contribution in [3.05, 3.63) is 53.6 Å². The van der Waals surface area contributed by atoms with Crippen molar-refractivity contribution in [2.75, 3.05) is 35.9 Å². The predicted molar refractivity (Wildman–Crippen MR) is 112 cm³/mol. The van der Waals surface area contributed by atoms with E-state index in [0.29, 0.717) is 32.0 Å². The van der Waals surface area contributed by atoms with Crippen LogP contribution in [-0.2, 0) is 20.2 Å². The van der Waals surface area contributed by atoms with Gasteiger partial charge in [0.2, 0.25) is 0 Å². The molecule has 2 aromatic carbocycles. The van der Waals surface area contributed by atoms with Crippen LogP contribution in [-0.4, -0.2) is 45.8 Å². The molecular weight excluding hydrogens is 392 g/mol. The van der Waals surface area contributed by atoms with Gasteiger partial charge in [-0.3, -0.25) is 4.72 Å². The first-order chi connectivity index (χ1) is 13.6. The summed E-state index contributed by atoms with van der Waals surface area (Å²) in [6.07, 6.45) is 0. The minimum Gasteiger partial charge on any atom is -0.478 e. The fourth-order valence-electron chi connectivity index (χ4n) is 3.20. The Bertz CT molecular complexity index is 989. The van der Waals surface area contributed by atoms with Crippen molar-refractivity contribution in [2.24, 2.45) is 0 Å². The molecule has 1 heterocycles. The van der Waals surface area contributed by atoms with Crippen molar-refractivity contribution < 1.29 is 23.1 Å². The van der Waals surface area contributed by atoms with Crippen LogP contribution in [0.25, 0.3) is 0 Å². The molecule has 1 saturated heterocycles. The fraction of sp³-hybridized carbons (Fsp3) is 0.381. The summed E-state index contributed by atoms with van der Waals surface area (Å²) in [4.78, 5) is 13.8. The maximum absolute atomic E-state index is 12.7. The topological polar surface area (TPSA) is 95.9 Å². The van der Waals surface area contributed by atoms with E-state index in [9.17, 15) is 18.3 Å². The molecule has 0 amide bonds. The van der Waals surface area contributed by atoms with E-state index in [2.05, 4.69) is 25.5 Å².